The Bertz CT molecular complexity index is 485. The van der Waals surface area contributed by atoms with Gasteiger partial charge in [-0.1, -0.05) is 0 Å². The van der Waals surface area contributed by atoms with Crippen molar-refractivity contribution < 1.29 is 34.1 Å². The molecule has 7 nitrogen and oxygen atoms in total. The lowest BCUT2D eigenvalue weighted by Crippen LogP contribution is -2.51. The standard InChI is InChI=1S/C10H12BO7/c1-2-16-6-3-4-7-9(8(6)10(12)13)18-11(14,15)5-17-7/h3-4,14-15H,2,5H2,1H3,(H,12,13)/q-1/p-1. The molecule has 1 aliphatic heterocycles. The number of ether oxygens (including phenoxy) is 2. The van der Waals surface area contributed by atoms with E-state index in [1.54, 1.807) is 6.92 Å². The third kappa shape index (κ3) is 2.20. The zero-order valence-corrected chi connectivity index (χ0v) is 9.58. The van der Waals surface area contributed by atoms with Gasteiger partial charge in [0, 0.05) is 0 Å². The largest absolute Gasteiger partial charge is 0.665 e. The molecule has 8 heteroatoms. The first kappa shape index (κ1) is 12.5. The van der Waals surface area contributed by atoms with Crippen LogP contribution >= 0.6 is 0 Å². The molecule has 1 aliphatic rings. The van der Waals surface area contributed by atoms with E-state index >= 15 is 0 Å². The van der Waals surface area contributed by atoms with Crippen LogP contribution in [-0.2, 0) is 0 Å². The third-order valence-electron chi connectivity index (χ3n) is 2.35. The summed E-state index contributed by atoms with van der Waals surface area (Å²) in [5.74, 6) is -1.73. The summed E-state index contributed by atoms with van der Waals surface area (Å²) >= 11 is 0. The van der Waals surface area contributed by atoms with Gasteiger partial charge in [0.05, 0.1) is 24.6 Å². The normalized spacial score (nSPS) is 16.2. The van der Waals surface area contributed by atoms with E-state index in [0.717, 1.165) is 0 Å². The molecule has 0 amide bonds. The summed E-state index contributed by atoms with van der Waals surface area (Å²) in [6.45, 7) is -1.77. The number of carbonyl (C=O) groups is 1. The van der Waals surface area contributed by atoms with Gasteiger partial charge in [-0.3, -0.25) is 0 Å². The molecule has 0 radical (unpaired) electrons. The van der Waals surface area contributed by atoms with Gasteiger partial charge in [-0.05, 0) is 19.1 Å². The summed E-state index contributed by atoms with van der Waals surface area (Å²) in [7, 11) is 0. The van der Waals surface area contributed by atoms with Gasteiger partial charge in [0.25, 0.3) is 0 Å². The number of carbonyl (C=O) groups excluding carboxylic acids is 1. The second kappa shape index (κ2) is 4.39. The van der Waals surface area contributed by atoms with Crippen molar-refractivity contribution in [2.75, 3.05) is 13.1 Å². The van der Waals surface area contributed by atoms with Crippen LogP contribution in [0.3, 0.4) is 0 Å². The lowest BCUT2D eigenvalue weighted by molar-refractivity contribution is -0.255. The van der Waals surface area contributed by atoms with Crippen molar-refractivity contribution in [3.8, 4) is 17.2 Å². The highest BCUT2D eigenvalue weighted by Gasteiger charge is 2.33. The van der Waals surface area contributed by atoms with Gasteiger partial charge >= 0.3 is 6.75 Å². The smallest absolute Gasteiger partial charge is 0.467 e. The molecule has 18 heavy (non-hydrogen) atoms. The lowest BCUT2D eigenvalue weighted by Gasteiger charge is -2.37. The van der Waals surface area contributed by atoms with Gasteiger partial charge in [0.2, 0.25) is 0 Å². The molecule has 1 aromatic rings. The molecule has 0 aromatic heterocycles. The second-order valence-corrected chi connectivity index (χ2v) is 3.77. The first-order chi connectivity index (χ1) is 8.44. The molecule has 0 saturated heterocycles. The first-order valence-corrected chi connectivity index (χ1v) is 5.38. The van der Waals surface area contributed by atoms with Crippen LogP contribution in [0.5, 0.6) is 17.2 Å². The van der Waals surface area contributed by atoms with E-state index in [2.05, 4.69) is 0 Å². The fourth-order valence-corrected chi connectivity index (χ4v) is 1.67. The molecule has 0 atom stereocenters. The minimum Gasteiger partial charge on any atom is -0.665 e. The van der Waals surface area contributed by atoms with Crippen LogP contribution in [-0.4, -0.2) is 35.9 Å². The van der Waals surface area contributed by atoms with Crippen LogP contribution in [0.25, 0.3) is 0 Å². The van der Waals surface area contributed by atoms with Gasteiger partial charge < -0.3 is 34.1 Å². The quantitative estimate of drug-likeness (QED) is 0.644. The summed E-state index contributed by atoms with van der Waals surface area (Å²) in [6.07, 6.45) is 0. The van der Waals surface area contributed by atoms with Crippen LogP contribution in [0.2, 0.25) is 0 Å². The fraction of sp³-hybridized carbons (Fsp3) is 0.300. The summed E-state index contributed by atoms with van der Waals surface area (Å²) in [5, 5.41) is 29.8. The number of carboxylic acids is 1. The van der Waals surface area contributed by atoms with Crippen molar-refractivity contribution in [2.45, 2.75) is 6.92 Å². The van der Waals surface area contributed by atoms with E-state index in [-0.39, 0.29) is 23.9 Å². The number of hydrogen-bond acceptors (Lipinski definition) is 7. The molecule has 1 aromatic carbocycles. The van der Waals surface area contributed by atoms with E-state index in [0.29, 0.717) is 0 Å². The fourth-order valence-electron chi connectivity index (χ4n) is 1.67. The molecule has 0 saturated carbocycles. The molecular formula is C10H11BO7-2. The molecule has 0 aliphatic carbocycles. The average molecular weight is 254 g/mol. The Morgan fingerprint density at radius 3 is 2.89 bits per heavy atom. The molecule has 2 rings (SSSR count). The molecule has 0 fully saturated rings. The Kier molecular flexibility index (Phi) is 3.06. The van der Waals surface area contributed by atoms with Gasteiger partial charge in [-0.25, -0.2) is 0 Å². The lowest BCUT2D eigenvalue weighted by atomic mass is 9.80. The summed E-state index contributed by atoms with van der Waals surface area (Å²) in [6, 6.07) is 2.82. The maximum atomic E-state index is 11.1. The van der Waals surface area contributed by atoms with Crippen molar-refractivity contribution in [3.05, 3.63) is 17.7 Å². The van der Waals surface area contributed by atoms with E-state index in [1.165, 1.54) is 12.1 Å². The van der Waals surface area contributed by atoms with Crippen LogP contribution in [0.15, 0.2) is 12.1 Å². The third-order valence-corrected chi connectivity index (χ3v) is 2.35. The van der Waals surface area contributed by atoms with Crippen LogP contribution in [0.4, 0.5) is 0 Å². The predicted molar refractivity (Wildman–Crippen MR) is 58.3 cm³/mol. The molecule has 0 bridgehead atoms. The molecule has 98 valence electrons. The monoisotopic (exact) mass is 254 g/mol. The zero-order chi connectivity index (χ0) is 13.3. The molecule has 2 N–H and O–H groups in total. The minimum atomic E-state index is -3.23. The van der Waals surface area contributed by atoms with E-state index in [9.17, 15) is 19.9 Å². The topological polar surface area (TPSA) is 108 Å². The first-order valence-electron chi connectivity index (χ1n) is 5.38. The van der Waals surface area contributed by atoms with Gasteiger partial charge in [-0.2, -0.15) is 0 Å². The highest BCUT2D eigenvalue weighted by atomic mass is 16.7. The van der Waals surface area contributed by atoms with E-state index < -0.39 is 24.8 Å². The van der Waals surface area contributed by atoms with E-state index in [4.69, 9.17) is 14.1 Å². The highest BCUT2D eigenvalue weighted by Crippen LogP contribution is 2.40. The van der Waals surface area contributed by atoms with Gasteiger partial charge in [-0.15, -0.1) is 0 Å². The van der Waals surface area contributed by atoms with Crippen molar-refractivity contribution in [1.29, 1.82) is 0 Å². The summed E-state index contributed by atoms with van der Waals surface area (Å²) in [4.78, 5) is 11.1. The van der Waals surface area contributed by atoms with Crippen molar-refractivity contribution in [3.63, 3.8) is 0 Å². The maximum absolute atomic E-state index is 11.1. The number of rotatable bonds is 3. The van der Waals surface area contributed by atoms with Gasteiger partial charge in [0.15, 0.2) is 5.75 Å². The number of carboxylic acid groups (broad SMARTS) is 1. The summed E-state index contributed by atoms with van der Waals surface area (Å²) < 4.78 is 15.0. The highest BCUT2D eigenvalue weighted by molar-refractivity contribution is 6.58. The van der Waals surface area contributed by atoms with Crippen molar-refractivity contribution >= 4 is 12.7 Å². The minimum absolute atomic E-state index is 0.0216. The molecule has 0 unspecified atom stereocenters. The Balaban J connectivity index is 2.54. The second-order valence-electron chi connectivity index (χ2n) is 3.77. The SMILES string of the molecule is CCOc1ccc2c(c1C(=O)[O-])O[B-](O)(O)CO2. The van der Waals surface area contributed by atoms with Crippen LogP contribution in [0.1, 0.15) is 17.3 Å². The predicted octanol–water partition coefficient (Wildman–Crippen LogP) is -1.32. The number of benzene rings is 1. The maximum Gasteiger partial charge on any atom is 0.467 e. The number of aromatic carboxylic acids is 1. The summed E-state index contributed by atoms with van der Waals surface area (Å²) in [5.41, 5.74) is -0.400. The molecule has 1 heterocycles. The van der Waals surface area contributed by atoms with Crippen LogP contribution in [0, 0.1) is 0 Å². The average Bonchev–Trinajstić information content (AvgIpc) is 2.27. The van der Waals surface area contributed by atoms with Gasteiger partial charge in [0.1, 0.15) is 11.5 Å². The van der Waals surface area contributed by atoms with Crippen LogP contribution < -0.4 is 19.2 Å². The van der Waals surface area contributed by atoms with Crippen molar-refractivity contribution in [1.82, 2.24) is 0 Å². The Morgan fingerprint density at radius 2 is 2.28 bits per heavy atom. The molecule has 0 spiro atoms. The number of fused-ring (bicyclic) bond motifs is 1. The Hall–Kier alpha value is -1.93. The van der Waals surface area contributed by atoms with Crippen molar-refractivity contribution in [2.24, 2.45) is 0 Å². The Morgan fingerprint density at radius 1 is 1.56 bits per heavy atom. The zero-order valence-electron chi connectivity index (χ0n) is 9.58. The Labute approximate surface area is 103 Å². The number of hydrogen-bond donors (Lipinski definition) is 2. The molecular weight excluding hydrogens is 243 g/mol. The van der Waals surface area contributed by atoms with E-state index in [1.807, 2.05) is 0 Å².